The molecule has 2 N–H and O–H groups in total. The van der Waals surface area contributed by atoms with E-state index in [9.17, 15) is 9.59 Å². The van der Waals surface area contributed by atoms with Gasteiger partial charge in [-0.05, 0) is 42.1 Å². The highest BCUT2D eigenvalue weighted by Crippen LogP contribution is 2.33. The molecule has 0 fully saturated rings. The molecule has 0 spiro atoms. The molecule has 6 nitrogen and oxygen atoms in total. The maximum atomic E-state index is 12.1. The van der Waals surface area contributed by atoms with Crippen LogP contribution in [-0.2, 0) is 4.79 Å². The lowest BCUT2D eigenvalue weighted by Gasteiger charge is -2.09. The number of nitrogens with zero attached hydrogens (tertiary/aromatic N) is 1. The second kappa shape index (κ2) is 10.6. The lowest BCUT2D eigenvalue weighted by atomic mass is 10.1. The third-order valence-electron chi connectivity index (χ3n) is 3.99. The summed E-state index contributed by atoms with van der Waals surface area (Å²) >= 11 is 19.2. The zero-order chi connectivity index (χ0) is 22.4. The standard InChI is InChI=1S/C21H16Cl3N3O3S/c1-12(13-4-6-14(7-5-13)25-21(29)19-3-2-8-31-19)26-27-20(28)11-30-18-10-16(23)15(22)9-17(18)24/h2-10H,11H2,1H3,(H,25,29)(H,27,28). The predicted octanol–water partition coefficient (Wildman–Crippen LogP) is 5.88. The first-order valence-corrected chi connectivity index (χ1v) is 10.9. The zero-order valence-corrected chi connectivity index (χ0v) is 19.2. The van der Waals surface area contributed by atoms with Crippen LogP contribution >= 0.6 is 46.1 Å². The summed E-state index contributed by atoms with van der Waals surface area (Å²) in [5.41, 5.74) is 4.43. The Morgan fingerprint density at radius 2 is 1.74 bits per heavy atom. The Kier molecular flexibility index (Phi) is 7.92. The van der Waals surface area contributed by atoms with Crippen molar-refractivity contribution < 1.29 is 14.3 Å². The third kappa shape index (κ3) is 6.45. The van der Waals surface area contributed by atoms with Crippen LogP contribution in [0.25, 0.3) is 0 Å². The highest BCUT2D eigenvalue weighted by atomic mass is 35.5. The number of nitrogens with one attached hydrogen (secondary N) is 2. The second-order valence-electron chi connectivity index (χ2n) is 6.23. The average Bonchev–Trinajstić information content (AvgIpc) is 3.29. The van der Waals surface area contributed by atoms with Crippen LogP contribution in [0.1, 0.15) is 22.2 Å². The molecule has 0 atom stereocenters. The van der Waals surface area contributed by atoms with Crippen LogP contribution in [0, 0.1) is 0 Å². The Morgan fingerprint density at radius 1 is 1.03 bits per heavy atom. The Balaban J connectivity index is 1.53. The molecule has 160 valence electrons. The topological polar surface area (TPSA) is 79.8 Å². The summed E-state index contributed by atoms with van der Waals surface area (Å²) in [5.74, 6) is -0.393. The lowest BCUT2D eigenvalue weighted by molar-refractivity contribution is -0.123. The van der Waals surface area contributed by atoms with E-state index in [4.69, 9.17) is 39.5 Å². The van der Waals surface area contributed by atoms with E-state index in [0.29, 0.717) is 21.3 Å². The summed E-state index contributed by atoms with van der Waals surface area (Å²) < 4.78 is 5.36. The molecule has 31 heavy (non-hydrogen) atoms. The normalized spacial score (nSPS) is 11.2. The van der Waals surface area contributed by atoms with Gasteiger partial charge in [-0.3, -0.25) is 9.59 Å². The van der Waals surface area contributed by atoms with Crippen LogP contribution in [0.2, 0.25) is 15.1 Å². The number of anilines is 1. The van der Waals surface area contributed by atoms with Crippen molar-refractivity contribution in [2.24, 2.45) is 5.10 Å². The molecule has 1 heterocycles. The van der Waals surface area contributed by atoms with Gasteiger partial charge in [-0.1, -0.05) is 53.0 Å². The molecule has 0 unspecified atom stereocenters. The highest BCUT2D eigenvalue weighted by Gasteiger charge is 2.10. The molecule has 0 radical (unpaired) electrons. The van der Waals surface area contributed by atoms with Crippen molar-refractivity contribution in [3.05, 3.63) is 79.4 Å². The Hall–Kier alpha value is -2.58. The zero-order valence-electron chi connectivity index (χ0n) is 16.1. The molecule has 0 saturated carbocycles. The first-order chi connectivity index (χ1) is 14.8. The first-order valence-electron chi connectivity index (χ1n) is 8.89. The molecule has 0 aliphatic heterocycles. The number of halogens is 3. The number of hydrogen-bond donors (Lipinski definition) is 2. The number of benzene rings is 2. The summed E-state index contributed by atoms with van der Waals surface area (Å²) in [6.45, 7) is 1.44. The number of thiophene rings is 1. The number of carbonyl (C=O) groups is 2. The van der Waals surface area contributed by atoms with Crippen molar-refractivity contribution in [3.8, 4) is 5.75 Å². The van der Waals surface area contributed by atoms with Gasteiger partial charge in [0.1, 0.15) is 5.75 Å². The van der Waals surface area contributed by atoms with Crippen molar-refractivity contribution in [3.63, 3.8) is 0 Å². The molecular weight excluding hydrogens is 481 g/mol. The fourth-order valence-electron chi connectivity index (χ4n) is 2.40. The van der Waals surface area contributed by atoms with Gasteiger partial charge in [0.15, 0.2) is 6.61 Å². The van der Waals surface area contributed by atoms with Crippen LogP contribution in [-0.4, -0.2) is 24.1 Å². The van der Waals surface area contributed by atoms with Gasteiger partial charge in [-0.15, -0.1) is 11.3 Å². The van der Waals surface area contributed by atoms with E-state index >= 15 is 0 Å². The minimum atomic E-state index is -0.471. The number of rotatable bonds is 7. The SMILES string of the molecule is CC(=NNC(=O)COc1cc(Cl)c(Cl)cc1Cl)c1ccc(NC(=O)c2cccs2)cc1. The monoisotopic (exact) mass is 495 g/mol. The average molecular weight is 497 g/mol. The summed E-state index contributed by atoms with van der Waals surface area (Å²) in [6, 6.07) is 13.6. The van der Waals surface area contributed by atoms with Gasteiger partial charge in [0.2, 0.25) is 0 Å². The first kappa shape index (κ1) is 23.1. The van der Waals surface area contributed by atoms with E-state index < -0.39 is 5.91 Å². The summed E-state index contributed by atoms with van der Waals surface area (Å²) in [5, 5.41) is 9.53. The number of ether oxygens (including phenoxy) is 1. The summed E-state index contributed by atoms with van der Waals surface area (Å²) in [6.07, 6.45) is 0. The van der Waals surface area contributed by atoms with Crippen LogP contribution in [0.3, 0.4) is 0 Å². The van der Waals surface area contributed by atoms with E-state index in [0.717, 1.165) is 5.56 Å². The Bertz CT molecular complexity index is 1120. The minimum absolute atomic E-state index is 0.164. The van der Waals surface area contributed by atoms with E-state index in [1.165, 1.54) is 23.5 Å². The van der Waals surface area contributed by atoms with Gasteiger partial charge >= 0.3 is 0 Å². The van der Waals surface area contributed by atoms with Crippen LogP contribution in [0.15, 0.2) is 59.0 Å². The fourth-order valence-corrected chi connectivity index (χ4v) is 3.61. The molecule has 0 aliphatic carbocycles. The molecule has 0 bridgehead atoms. The minimum Gasteiger partial charge on any atom is -0.482 e. The third-order valence-corrected chi connectivity index (χ3v) is 5.87. The molecule has 10 heteroatoms. The highest BCUT2D eigenvalue weighted by molar-refractivity contribution is 7.12. The van der Waals surface area contributed by atoms with Gasteiger partial charge in [0.05, 0.1) is 25.7 Å². The molecule has 2 aromatic carbocycles. The molecule has 0 aliphatic rings. The van der Waals surface area contributed by atoms with Crippen LogP contribution in [0.5, 0.6) is 5.75 Å². The van der Waals surface area contributed by atoms with Crippen molar-refractivity contribution in [2.45, 2.75) is 6.92 Å². The van der Waals surface area contributed by atoms with E-state index in [1.807, 2.05) is 11.4 Å². The van der Waals surface area contributed by atoms with E-state index in [1.54, 1.807) is 37.3 Å². The van der Waals surface area contributed by atoms with Crippen molar-refractivity contribution >= 4 is 69.4 Å². The molecule has 1 aromatic heterocycles. The maximum Gasteiger partial charge on any atom is 0.277 e. The maximum absolute atomic E-state index is 12.1. The van der Waals surface area contributed by atoms with E-state index in [-0.39, 0.29) is 28.3 Å². The largest absolute Gasteiger partial charge is 0.482 e. The lowest BCUT2D eigenvalue weighted by Crippen LogP contribution is -2.25. The van der Waals surface area contributed by atoms with Crippen LogP contribution < -0.4 is 15.5 Å². The molecule has 3 aromatic rings. The number of hydrogen-bond acceptors (Lipinski definition) is 5. The smallest absolute Gasteiger partial charge is 0.277 e. The van der Waals surface area contributed by atoms with Gasteiger partial charge in [0.25, 0.3) is 11.8 Å². The van der Waals surface area contributed by atoms with Crippen molar-refractivity contribution in [2.75, 3.05) is 11.9 Å². The summed E-state index contributed by atoms with van der Waals surface area (Å²) in [7, 11) is 0. The molecule has 0 saturated heterocycles. The molecule has 3 rings (SSSR count). The van der Waals surface area contributed by atoms with Gasteiger partial charge in [-0.25, -0.2) is 5.43 Å². The predicted molar refractivity (Wildman–Crippen MR) is 126 cm³/mol. The molecular formula is C21H16Cl3N3O3S. The Labute approximate surface area is 197 Å². The second-order valence-corrected chi connectivity index (χ2v) is 8.40. The van der Waals surface area contributed by atoms with Gasteiger partial charge in [0, 0.05) is 11.8 Å². The van der Waals surface area contributed by atoms with Gasteiger partial charge in [-0.2, -0.15) is 5.10 Å². The van der Waals surface area contributed by atoms with E-state index in [2.05, 4.69) is 15.8 Å². The summed E-state index contributed by atoms with van der Waals surface area (Å²) in [4.78, 5) is 24.7. The van der Waals surface area contributed by atoms with Crippen LogP contribution in [0.4, 0.5) is 5.69 Å². The quantitative estimate of drug-likeness (QED) is 0.243. The number of hydrazone groups is 1. The van der Waals surface area contributed by atoms with Gasteiger partial charge < -0.3 is 10.1 Å². The number of amides is 2. The Morgan fingerprint density at radius 3 is 2.42 bits per heavy atom. The van der Waals surface area contributed by atoms with Crippen molar-refractivity contribution in [1.82, 2.24) is 5.43 Å². The fraction of sp³-hybridized carbons (Fsp3) is 0.0952. The number of carbonyl (C=O) groups excluding carboxylic acids is 2. The molecule has 2 amide bonds. The van der Waals surface area contributed by atoms with Crippen molar-refractivity contribution in [1.29, 1.82) is 0 Å².